The van der Waals surface area contributed by atoms with E-state index in [4.69, 9.17) is 16.1 Å². The predicted octanol–water partition coefficient (Wildman–Crippen LogP) is 2.31. The lowest BCUT2D eigenvalue weighted by Gasteiger charge is -2.36. The molecule has 2 aromatic rings. The summed E-state index contributed by atoms with van der Waals surface area (Å²) in [7, 11) is 0. The van der Waals surface area contributed by atoms with Crippen molar-refractivity contribution in [3.05, 3.63) is 45.2 Å². The SMILES string of the molecule is Cc1cc(NC(=O)CN2CCN(c3ccc([N+](=O)[O-])cc3Cl)CC2)no1. The number of carbonyl (C=O) groups excluding carboxylic acids is 1. The average Bonchev–Trinajstić information content (AvgIpc) is 3.00. The van der Waals surface area contributed by atoms with Crippen molar-refractivity contribution in [2.45, 2.75) is 6.92 Å². The van der Waals surface area contributed by atoms with Crippen LogP contribution in [0.2, 0.25) is 5.02 Å². The summed E-state index contributed by atoms with van der Waals surface area (Å²) in [4.78, 5) is 26.5. The minimum Gasteiger partial charge on any atom is -0.368 e. The van der Waals surface area contributed by atoms with Crippen LogP contribution < -0.4 is 10.2 Å². The van der Waals surface area contributed by atoms with Crippen molar-refractivity contribution in [1.82, 2.24) is 10.1 Å². The van der Waals surface area contributed by atoms with Crippen molar-refractivity contribution in [3.8, 4) is 0 Å². The van der Waals surface area contributed by atoms with Gasteiger partial charge in [0.1, 0.15) is 5.76 Å². The zero-order valence-corrected chi connectivity index (χ0v) is 14.9. The molecule has 2 heterocycles. The minimum absolute atomic E-state index is 0.0304. The van der Waals surface area contributed by atoms with Crippen molar-refractivity contribution in [2.75, 3.05) is 42.9 Å². The van der Waals surface area contributed by atoms with E-state index in [2.05, 4.69) is 15.4 Å². The van der Waals surface area contributed by atoms with Crippen LogP contribution in [0.5, 0.6) is 0 Å². The first-order valence-electron chi connectivity index (χ1n) is 8.07. The average molecular weight is 380 g/mol. The highest BCUT2D eigenvalue weighted by Crippen LogP contribution is 2.30. The van der Waals surface area contributed by atoms with Gasteiger partial charge in [-0.2, -0.15) is 0 Å². The van der Waals surface area contributed by atoms with E-state index in [1.54, 1.807) is 19.1 Å². The molecule has 1 saturated heterocycles. The summed E-state index contributed by atoms with van der Waals surface area (Å²) in [5.74, 6) is 0.887. The number of aryl methyl sites for hydroxylation is 1. The highest BCUT2D eigenvalue weighted by molar-refractivity contribution is 6.33. The van der Waals surface area contributed by atoms with Crippen LogP contribution >= 0.6 is 11.6 Å². The molecule has 26 heavy (non-hydrogen) atoms. The molecule has 1 fully saturated rings. The van der Waals surface area contributed by atoms with Crippen LogP contribution in [0.4, 0.5) is 17.2 Å². The Morgan fingerprint density at radius 3 is 2.65 bits per heavy atom. The van der Waals surface area contributed by atoms with Crippen molar-refractivity contribution in [2.24, 2.45) is 0 Å². The molecule has 138 valence electrons. The third-order valence-corrected chi connectivity index (χ3v) is 4.42. The van der Waals surface area contributed by atoms with Gasteiger partial charge in [0.2, 0.25) is 5.91 Å². The molecule has 0 aliphatic carbocycles. The third kappa shape index (κ3) is 4.30. The smallest absolute Gasteiger partial charge is 0.271 e. The predicted molar refractivity (Wildman–Crippen MR) is 96.6 cm³/mol. The zero-order valence-electron chi connectivity index (χ0n) is 14.1. The van der Waals surface area contributed by atoms with E-state index >= 15 is 0 Å². The maximum Gasteiger partial charge on any atom is 0.271 e. The number of aromatic nitrogens is 1. The Hall–Kier alpha value is -2.65. The number of amides is 1. The zero-order chi connectivity index (χ0) is 18.7. The molecule has 1 aromatic heterocycles. The van der Waals surface area contributed by atoms with Gasteiger partial charge in [-0.05, 0) is 13.0 Å². The number of nitrogens with one attached hydrogen (secondary N) is 1. The molecule has 9 nitrogen and oxygen atoms in total. The fourth-order valence-electron chi connectivity index (χ4n) is 2.82. The van der Waals surface area contributed by atoms with Crippen LogP contribution in [-0.4, -0.2) is 53.6 Å². The lowest BCUT2D eigenvalue weighted by atomic mass is 10.2. The van der Waals surface area contributed by atoms with Crippen LogP contribution in [0.1, 0.15) is 5.76 Å². The molecule has 0 spiro atoms. The first kappa shape index (κ1) is 18.2. The Morgan fingerprint density at radius 1 is 1.35 bits per heavy atom. The van der Waals surface area contributed by atoms with Crippen LogP contribution in [-0.2, 0) is 4.79 Å². The maximum atomic E-state index is 12.1. The maximum absolute atomic E-state index is 12.1. The standard InChI is InChI=1S/C16H18ClN5O4/c1-11-8-15(19-26-11)18-16(23)10-20-4-6-21(7-5-20)14-3-2-12(22(24)25)9-13(14)17/h2-3,8-9H,4-7,10H2,1H3,(H,18,19,23). The molecule has 1 aromatic carbocycles. The summed E-state index contributed by atoms with van der Waals surface area (Å²) in [5.41, 5.74) is 0.733. The summed E-state index contributed by atoms with van der Waals surface area (Å²) in [6.07, 6.45) is 0. The number of hydrogen-bond donors (Lipinski definition) is 1. The third-order valence-electron chi connectivity index (χ3n) is 4.12. The van der Waals surface area contributed by atoms with Crippen LogP contribution in [0, 0.1) is 17.0 Å². The minimum atomic E-state index is -0.470. The van der Waals surface area contributed by atoms with Crippen LogP contribution in [0.3, 0.4) is 0 Å². The van der Waals surface area contributed by atoms with Crippen molar-refractivity contribution < 1.29 is 14.2 Å². The van der Waals surface area contributed by atoms with E-state index in [9.17, 15) is 14.9 Å². The van der Waals surface area contributed by atoms with Gasteiger partial charge < -0.3 is 14.7 Å². The number of hydrogen-bond acceptors (Lipinski definition) is 7. The number of nitro benzene ring substituents is 1. The highest BCUT2D eigenvalue weighted by Gasteiger charge is 2.22. The normalized spacial score (nSPS) is 15.1. The van der Waals surface area contributed by atoms with E-state index in [-0.39, 0.29) is 18.1 Å². The number of benzene rings is 1. The Morgan fingerprint density at radius 2 is 2.08 bits per heavy atom. The summed E-state index contributed by atoms with van der Waals surface area (Å²) >= 11 is 6.18. The fourth-order valence-corrected chi connectivity index (χ4v) is 3.12. The van der Waals surface area contributed by atoms with Gasteiger partial charge in [0.25, 0.3) is 5.69 Å². The quantitative estimate of drug-likeness (QED) is 0.627. The van der Waals surface area contributed by atoms with E-state index in [1.165, 1.54) is 12.1 Å². The summed E-state index contributed by atoms with van der Waals surface area (Å²) < 4.78 is 4.91. The van der Waals surface area contributed by atoms with Crippen molar-refractivity contribution in [1.29, 1.82) is 0 Å². The topological polar surface area (TPSA) is 105 Å². The summed E-state index contributed by atoms with van der Waals surface area (Å²) in [6, 6.07) is 6.12. The second-order valence-corrected chi connectivity index (χ2v) is 6.43. The summed E-state index contributed by atoms with van der Waals surface area (Å²) in [6.45, 7) is 4.72. The number of nitrogens with zero attached hydrogens (tertiary/aromatic N) is 4. The first-order valence-corrected chi connectivity index (χ1v) is 8.44. The first-order chi connectivity index (χ1) is 12.4. The van der Waals surface area contributed by atoms with E-state index in [0.717, 1.165) is 5.69 Å². The number of rotatable bonds is 5. The fraction of sp³-hybridized carbons (Fsp3) is 0.375. The highest BCUT2D eigenvalue weighted by atomic mass is 35.5. The summed E-state index contributed by atoms with van der Waals surface area (Å²) in [5, 5.41) is 17.6. The lowest BCUT2D eigenvalue weighted by Crippen LogP contribution is -2.48. The number of anilines is 2. The van der Waals surface area contributed by atoms with Gasteiger partial charge in [0.05, 0.1) is 22.2 Å². The van der Waals surface area contributed by atoms with Crippen LogP contribution in [0.25, 0.3) is 0 Å². The Labute approximate surface area is 154 Å². The van der Waals surface area contributed by atoms with Gasteiger partial charge in [0, 0.05) is 44.4 Å². The molecule has 3 rings (SSSR count). The number of carbonyl (C=O) groups is 1. The molecule has 0 radical (unpaired) electrons. The molecule has 1 aliphatic heterocycles. The van der Waals surface area contributed by atoms with Crippen molar-refractivity contribution >= 4 is 34.7 Å². The van der Waals surface area contributed by atoms with E-state index in [0.29, 0.717) is 42.8 Å². The van der Waals surface area contributed by atoms with E-state index in [1.807, 2.05) is 4.90 Å². The number of non-ortho nitro benzene ring substituents is 1. The molecular formula is C16H18ClN5O4. The number of nitro groups is 1. The van der Waals surface area contributed by atoms with Gasteiger partial charge in [-0.1, -0.05) is 16.8 Å². The van der Waals surface area contributed by atoms with Crippen molar-refractivity contribution in [3.63, 3.8) is 0 Å². The van der Waals surface area contributed by atoms with Gasteiger partial charge in [-0.3, -0.25) is 19.8 Å². The van der Waals surface area contributed by atoms with Gasteiger partial charge in [0.15, 0.2) is 5.82 Å². The number of piperazine rings is 1. The second-order valence-electron chi connectivity index (χ2n) is 6.03. The molecule has 1 amide bonds. The van der Waals surface area contributed by atoms with Gasteiger partial charge >= 0.3 is 0 Å². The Kier molecular flexibility index (Phi) is 5.38. The van der Waals surface area contributed by atoms with E-state index < -0.39 is 4.92 Å². The molecule has 1 N–H and O–H groups in total. The van der Waals surface area contributed by atoms with Gasteiger partial charge in [-0.15, -0.1) is 0 Å². The monoisotopic (exact) mass is 379 g/mol. The van der Waals surface area contributed by atoms with Crippen LogP contribution in [0.15, 0.2) is 28.8 Å². The molecule has 10 heteroatoms. The molecular weight excluding hydrogens is 362 g/mol. The Balaban J connectivity index is 1.52. The Bertz CT molecular complexity index is 817. The lowest BCUT2D eigenvalue weighted by molar-refractivity contribution is -0.384. The molecule has 1 aliphatic rings. The van der Waals surface area contributed by atoms with Gasteiger partial charge in [-0.25, -0.2) is 0 Å². The molecule has 0 unspecified atom stereocenters. The molecule has 0 atom stereocenters. The molecule has 0 saturated carbocycles. The second kappa shape index (κ2) is 7.71. The number of halogens is 1. The molecule has 0 bridgehead atoms. The largest absolute Gasteiger partial charge is 0.368 e.